The molecule has 100 valence electrons. The van der Waals surface area contributed by atoms with Gasteiger partial charge in [0, 0.05) is 17.9 Å². The molecule has 2 aliphatic carbocycles. The van der Waals surface area contributed by atoms with Gasteiger partial charge in [0.25, 0.3) is 0 Å². The maximum atomic E-state index is 6.03. The second kappa shape index (κ2) is 5.70. The molecule has 2 saturated carbocycles. The number of aromatic nitrogens is 1. The lowest BCUT2D eigenvalue weighted by Gasteiger charge is -2.28. The first-order valence-electron chi connectivity index (χ1n) is 7.45. The first-order chi connectivity index (χ1) is 8.88. The number of nitrogens with zero attached hydrogens (tertiary/aromatic N) is 1. The number of ether oxygens (including phenoxy) is 1. The Morgan fingerprint density at radius 3 is 2.72 bits per heavy atom. The summed E-state index contributed by atoms with van der Waals surface area (Å²) in [5.74, 6) is 1.47. The fraction of sp³-hybridized carbons (Fsp3) is 0.800. The molecule has 3 heteroatoms. The summed E-state index contributed by atoms with van der Waals surface area (Å²) in [5.41, 5.74) is 1.33. The zero-order valence-electron chi connectivity index (χ0n) is 11.2. The highest BCUT2D eigenvalue weighted by molar-refractivity contribution is 7.09. The van der Waals surface area contributed by atoms with E-state index in [0.29, 0.717) is 5.92 Å². The SMILES string of the molecule is CCOC(c1nc(C2CC2)cs1)C1CCCCC1. The van der Waals surface area contributed by atoms with Crippen LogP contribution in [0.25, 0.3) is 0 Å². The molecule has 0 radical (unpaired) electrons. The number of rotatable bonds is 5. The van der Waals surface area contributed by atoms with E-state index in [0.717, 1.165) is 12.5 Å². The van der Waals surface area contributed by atoms with E-state index in [4.69, 9.17) is 9.72 Å². The van der Waals surface area contributed by atoms with Crippen LogP contribution in [0.3, 0.4) is 0 Å². The summed E-state index contributed by atoms with van der Waals surface area (Å²) >= 11 is 1.82. The third-order valence-electron chi connectivity index (χ3n) is 4.20. The van der Waals surface area contributed by atoms with Crippen LogP contribution in [0.2, 0.25) is 0 Å². The predicted molar refractivity (Wildman–Crippen MR) is 75.0 cm³/mol. The maximum Gasteiger partial charge on any atom is 0.122 e. The summed E-state index contributed by atoms with van der Waals surface area (Å²) in [7, 11) is 0. The summed E-state index contributed by atoms with van der Waals surface area (Å²) in [6.45, 7) is 2.91. The fourth-order valence-corrected chi connectivity index (χ4v) is 4.06. The van der Waals surface area contributed by atoms with Crippen molar-refractivity contribution in [1.82, 2.24) is 4.98 Å². The van der Waals surface area contributed by atoms with Crippen LogP contribution in [0.4, 0.5) is 0 Å². The van der Waals surface area contributed by atoms with Crippen molar-refractivity contribution >= 4 is 11.3 Å². The quantitative estimate of drug-likeness (QED) is 0.771. The van der Waals surface area contributed by atoms with Crippen molar-refractivity contribution in [3.05, 3.63) is 16.1 Å². The summed E-state index contributed by atoms with van der Waals surface area (Å²) in [6, 6.07) is 0. The minimum Gasteiger partial charge on any atom is -0.371 e. The van der Waals surface area contributed by atoms with Crippen LogP contribution >= 0.6 is 11.3 Å². The van der Waals surface area contributed by atoms with Crippen molar-refractivity contribution in [1.29, 1.82) is 0 Å². The molecule has 0 aromatic carbocycles. The van der Waals surface area contributed by atoms with Crippen LogP contribution in [-0.2, 0) is 4.74 Å². The second-order valence-electron chi connectivity index (χ2n) is 5.66. The van der Waals surface area contributed by atoms with Gasteiger partial charge < -0.3 is 4.74 Å². The average molecular weight is 265 g/mol. The molecule has 18 heavy (non-hydrogen) atoms. The van der Waals surface area contributed by atoms with Gasteiger partial charge in [-0.15, -0.1) is 11.3 Å². The van der Waals surface area contributed by atoms with E-state index < -0.39 is 0 Å². The van der Waals surface area contributed by atoms with Crippen molar-refractivity contribution in [2.75, 3.05) is 6.61 Å². The highest BCUT2D eigenvalue weighted by atomic mass is 32.1. The molecule has 1 heterocycles. The van der Waals surface area contributed by atoms with E-state index in [9.17, 15) is 0 Å². The lowest BCUT2D eigenvalue weighted by Crippen LogP contribution is -2.19. The van der Waals surface area contributed by atoms with Crippen LogP contribution in [-0.4, -0.2) is 11.6 Å². The minimum atomic E-state index is 0.271. The molecular formula is C15H23NOS. The standard InChI is InChI=1S/C15H23NOS/c1-2-17-14(12-6-4-3-5-7-12)15-16-13(10-18-15)11-8-9-11/h10-12,14H,2-9H2,1H3. The van der Waals surface area contributed by atoms with Crippen LogP contribution in [0, 0.1) is 5.92 Å². The molecule has 1 aromatic rings. The second-order valence-corrected chi connectivity index (χ2v) is 6.55. The topological polar surface area (TPSA) is 22.1 Å². The number of hydrogen-bond acceptors (Lipinski definition) is 3. The van der Waals surface area contributed by atoms with Gasteiger partial charge >= 0.3 is 0 Å². The lowest BCUT2D eigenvalue weighted by molar-refractivity contribution is 0.00543. The zero-order chi connectivity index (χ0) is 12.4. The van der Waals surface area contributed by atoms with Gasteiger partial charge in [-0.2, -0.15) is 0 Å². The smallest absolute Gasteiger partial charge is 0.122 e. The molecular weight excluding hydrogens is 242 g/mol. The van der Waals surface area contributed by atoms with Gasteiger partial charge in [0.2, 0.25) is 0 Å². The van der Waals surface area contributed by atoms with Crippen LogP contribution in [0.1, 0.15) is 74.6 Å². The van der Waals surface area contributed by atoms with Gasteiger partial charge in [-0.3, -0.25) is 0 Å². The molecule has 1 aromatic heterocycles. The number of thiazole rings is 1. The van der Waals surface area contributed by atoms with E-state index in [1.54, 1.807) is 0 Å². The van der Waals surface area contributed by atoms with Gasteiger partial charge in [0.1, 0.15) is 11.1 Å². The third kappa shape index (κ3) is 2.77. The van der Waals surface area contributed by atoms with E-state index >= 15 is 0 Å². The molecule has 1 atom stereocenters. The van der Waals surface area contributed by atoms with Crippen LogP contribution in [0.15, 0.2) is 5.38 Å². The molecule has 0 spiro atoms. The van der Waals surface area contributed by atoms with Crippen LogP contribution < -0.4 is 0 Å². The summed E-state index contributed by atoms with van der Waals surface area (Å²) in [5, 5.41) is 3.51. The summed E-state index contributed by atoms with van der Waals surface area (Å²) < 4.78 is 6.03. The van der Waals surface area contributed by atoms with Crippen molar-refractivity contribution in [2.45, 2.75) is 63.9 Å². The Kier molecular flexibility index (Phi) is 4.00. The summed E-state index contributed by atoms with van der Waals surface area (Å²) in [6.07, 6.45) is 9.74. The lowest BCUT2D eigenvalue weighted by atomic mass is 9.85. The highest BCUT2D eigenvalue weighted by Gasteiger charge is 2.31. The Hall–Kier alpha value is -0.410. The van der Waals surface area contributed by atoms with Gasteiger partial charge in [0.05, 0.1) is 5.69 Å². The molecule has 2 aliphatic rings. The van der Waals surface area contributed by atoms with Gasteiger partial charge in [0.15, 0.2) is 0 Å². The van der Waals surface area contributed by atoms with Gasteiger partial charge in [-0.25, -0.2) is 4.98 Å². The van der Waals surface area contributed by atoms with E-state index in [1.165, 1.54) is 55.6 Å². The van der Waals surface area contributed by atoms with Crippen molar-refractivity contribution in [3.8, 4) is 0 Å². The Morgan fingerprint density at radius 1 is 1.28 bits per heavy atom. The fourth-order valence-electron chi connectivity index (χ4n) is 3.02. The zero-order valence-corrected chi connectivity index (χ0v) is 12.0. The van der Waals surface area contributed by atoms with Crippen molar-refractivity contribution in [2.24, 2.45) is 5.92 Å². The van der Waals surface area contributed by atoms with Gasteiger partial charge in [-0.05, 0) is 38.5 Å². The molecule has 3 rings (SSSR count). The molecule has 2 nitrogen and oxygen atoms in total. The molecule has 2 fully saturated rings. The monoisotopic (exact) mass is 265 g/mol. The van der Waals surface area contributed by atoms with Crippen LogP contribution in [0.5, 0.6) is 0 Å². The number of hydrogen-bond donors (Lipinski definition) is 0. The molecule has 0 amide bonds. The van der Waals surface area contributed by atoms with E-state index in [1.807, 2.05) is 11.3 Å². The van der Waals surface area contributed by atoms with E-state index in [-0.39, 0.29) is 6.10 Å². The van der Waals surface area contributed by atoms with Crippen molar-refractivity contribution in [3.63, 3.8) is 0 Å². The minimum absolute atomic E-state index is 0.271. The predicted octanol–water partition coefficient (Wildman–Crippen LogP) is 4.68. The largest absolute Gasteiger partial charge is 0.371 e. The van der Waals surface area contributed by atoms with Crippen molar-refractivity contribution < 1.29 is 4.74 Å². The molecule has 0 N–H and O–H groups in total. The van der Waals surface area contributed by atoms with E-state index in [2.05, 4.69) is 12.3 Å². The highest BCUT2D eigenvalue weighted by Crippen LogP contribution is 2.43. The Balaban J connectivity index is 1.73. The molecule has 0 saturated heterocycles. The Bertz CT molecular complexity index is 380. The van der Waals surface area contributed by atoms with Gasteiger partial charge in [-0.1, -0.05) is 19.3 Å². The molecule has 0 aliphatic heterocycles. The Morgan fingerprint density at radius 2 is 2.06 bits per heavy atom. The molecule has 0 bridgehead atoms. The first-order valence-corrected chi connectivity index (χ1v) is 8.33. The summed E-state index contributed by atoms with van der Waals surface area (Å²) in [4.78, 5) is 4.86. The Labute approximate surface area is 114 Å². The first kappa shape index (κ1) is 12.6. The molecule has 1 unspecified atom stereocenters. The average Bonchev–Trinajstić information content (AvgIpc) is 3.16. The maximum absolute atomic E-state index is 6.03. The normalized spacial score (nSPS) is 23.2. The third-order valence-corrected chi connectivity index (χ3v) is 5.13.